The Kier molecular flexibility index (Phi) is 7.79. The number of aryl methyl sites for hydroxylation is 1. The van der Waals surface area contributed by atoms with Crippen LogP contribution in [0.25, 0.3) is 0 Å². The fourth-order valence-corrected chi connectivity index (χ4v) is 3.94. The summed E-state index contributed by atoms with van der Waals surface area (Å²) in [4.78, 5) is 19.0. The molecule has 1 heterocycles. The number of allylic oxidation sites excluding steroid dienone is 1. The van der Waals surface area contributed by atoms with Gasteiger partial charge in [0, 0.05) is 12.2 Å². The van der Waals surface area contributed by atoms with Crippen molar-refractivity contribution in [3.05, 3.63) is 82.6 Å². The molecule has 33 heavy (non-hydrogen) atoms. The zero-order valence-electron chi connectivity index (χ0n) is 18.9. The number of guanidine groups is 1. The van der Waals surface area contributed by atoms with Gasteiger partial charge in [-0.15, -0.1) is 0 Å². The number of halogens is 3. The summed E-state index contributed by atoms with van der Waals surface area (Å²) in [5.41, 5.74) is 1.96. The molecule has 0 bridgehead atoms. The van der Waals surface area contributed by atoms with Gasteiger partial charge in [0.1, 0.15) is 0 Å². The molecule has 0 spiro atoms. The number of ether oxygens (including phenoxy) is 1. The van der Waals surface area contributed by atoms with Gasteiger partial charge in [-0.2, -0.15) is 13.2 Å². The minimum absolute atomic E-state index is 0.132. The average molecular weight is 460 g/mol. The highest BCUT2D eigenvalue weighted by Gasteiger charge is 2.35. The fraction of sp³-hybridized carbons (Fsp3) is 0.360. The Morgan fingerprint density at radius 2 is 1.82 bits per heavy atom. The van der Waals surface area contributed by atoms with Crippen LogP contribution < -0.4 is 5.32 Å². The Balaban J connectivity index is 1.95. The number of benzene rings is 2. The van der Waals surface area contributed by atoms with Crippen molar-refractivity contribution in [1.82, 2.24) is 10.2 Å². The largest absolute Gasteiger partial charge is 0.466 e. The summed E-state index contributed by atoms with van der Waals surface area (Å²) in [6.45, 7) is 4.27. The number of rotatable bonds is 7. The molecule has 0 amide bonds. The lowest BCUT2D eigenvalue weighted by molar-refractivity contribution is -0.138. The highest BCUT2D eigenvalue weighted by molar-refractivity contribution is 5.95. The van der Waals surface area contributed by atoms with Crippen LogP contribution in [0.1, 0.15) is 37.0 Å². The molecule has 176 valence electrons. The third-order valence-electron chi connectivity index (χ3n) is 5.57. The maximum absolute atomic E-state index is 13.2. The topological polar surface area (TPSA) is 53.9 Å². The number of alkyl halides is 3. The summed E-state index contributed by atoms with van der Waals surface area (Å²) in [6.07, 6.45) is -3.06. The number of carbonyl (C=O) groups excluding carboxylic acids is 1. The first kappa shape index (κ1) is 24.4. The number of hydrogen-bond acceptors (Lipinski definition) is 3. The molecular weight excluding hydrogens is 431 g/mol. The molecule has 8 heteroatoms. The fourth-order valence-electron chi connectivity index (χ4n) is 3.94. The van der Waals surface area contributed by atoms with Crippen molar-refractivity contribution in [2.24, 2.45) is 4.99 Å². The smallest absolute Gasteiger partial charge is 0.416 e. The molecule has 3 rings (SSSR count). The van der Waals surface area contributed by atoms with E-state index >= 15 is 0 Å². The van der Waals surface area contributed by atoms with Gasteiger partial charge in [0.2, 0.25) is 0 Å². The van der Waals surface area contributed by atoms with Crippen molar-refractivity contribution in [1.29, 1.82) is 0 Å². The van der Waals surface area contributed by atoms with E-state index in [-0.39, 0.29) is 12.6 Å². The van der Waals surface area contributed by atoms with Gasteiger partial charge in [0.25, 0.3) is 0 Å². The minimum Gasteiger partial charge on any atom is -0.466 e. The highest BCUT2D eigenvalue weighted by atomic mass is 19.4. The number of methoxy groups -OCH3 is 1. The lowest BCUT2D eigenvalue weighted by Crippen LogP contribution is -2.52. The quantitative estimate of drug-likeness (QED) is 0.597. The lowest BCUT2D eigenvalue weighted by Gasteiger charge is -2.38. The van der Waals surface area contributed by atoms with Crippen molar-refractivity contribution in [3.63, 3.8) is 0 Å². The van der Waals surface area contributed by atoms with Gasteiger partial charge in [0.05, 0.1) is 30.8 Å². The standard InChI is InChI=1S/C25H28F3N3O2/c1-4-29-24-30-21(14-13-18-9-6-5-7-10-18)22(23(32)33-3)17(2)31(24)16-19-11-8-12-20(15-19)25(26,27)28/h5-12,15,21H,4,13-14,16H2,1-3H3,(H,29,30). The number of nitrogens with zero attached hydrogens (tertiary/aromatic N) is 2. The summed E-state index contributed by atoms with van der Waals surface area (Å²) in [5, 5.41) is 3.33. The van der Waals surface area contributed by atoms with Crippen LogP contribution in [0.5, 0.6) is 0 Å². The van der Waals surface area contributed by atoms with E-state index in [0.717, 1.165) is 24.1 Å². The van der Waals surface area contributed by atoms with E-state index in [1.807, 2.05) is 37.3 Å². The Bertz CT molecular complexity index is 1030. The third-order valence-corrected chi connectivity index (χ3v) is 5.57. The van der Waals surface area contributed by atoms with Crippen molar-refractivity contribution in [2.45, 2.75) is 45.5 Å². The zero-order valence-corrected chi connectivity index (χ0v) is 18.9. The van der Waals surface area contributed by atoms with E-state index in [2.05, 4.69) is 10.3 Å². The van der Waals surface area contributed by atoms with E-state index in [1.54, 1.807) is 17.9 Å². The number of carbonyl (C=O) groups is 1. The Morgan fingerprint density at radius 3 is 2.45 bits per heavy atom. The first-order valence-corrected chi connectivity index (χ1v) is 10.8. The number of nitrogens with one attached hydrogen (secondary N) is 1. The average Bonchev–Trinajstić information content (AvgIpc) is 2.80. The first-order valence-electron chi connectivity index (χ1n) is 10.8. The van der Waals surface area contributed by atoms with Crippen LogP contribution in [-0.2, 0) is 28.7 Å². The molecule has 0 saturated heterocycles. The summed E-state index contributed by atoms with van der Waals surface area (Å²) >= 11 is 0. The van der Waals surface area contributed by atoms with Crippen LogP contribution in [0, 0.1) is 0 Å². The molecule has 0 aliphatic carbocycles. The van der Waals surface area contributed by atoms with Crippen LogP contribution >= 0.6 is 0 Å². The number of esters is 1. The second kappa shape index (κ2) is 10.6. The van der Waals surface area contributed by atoms with E-state index in [9.17, 15) is 18.0 Å². The third kappa shape index (κ3) is 5.94. The maximum Gasteiger partial charge on any atom is 0.416 e. The van der Waals surface area contributed by atoms with Gasteiger partial charge in [-0.3, -0.25) is 4.99 Å². The molecule has 5 nitrogen and oxygen atoms in total. The van der Waals surface area contributed by atoms with E-state index in [1.165, 1.54) is 13.2 Å². The van der Waals surface area contributed by atoms with Crippen LogP contribution in [0.2, 0.25) is 0 Å². The monoisotopic (exact) mass is 459 g/mol. The zero-order chi connectivity index (χ0) is 24.0. The van der Waals surface area contributed by atoms with Crippen molar-refractivity contribution < 1.29 is 22.7 Å². The minimum atomic E-state index is -4.43. The predicted octanol–water partition coefficient (Wildman–Crippen LogP) is 4.93. The summed E-state index contributed by atoms with van der Waals surface area (Å²) in [5.74, 6) is 0.0563. The lowest BCUT2D eigenvalue weighted by atomic mass is 9.95. The van der Waals surface area contributed by atoms with Gasteiger partial charge in [-0.25, -0.2) is 4.79 Å². The van der Waals surface area contributed by atoms with Gasteiger partial charge in [-0.05, 0) is 49.9 Å². The van der Waals surface area contributed by atoms with Gasteiger partial charge in [0.15, 0.2) is 5.96 Å². The summed E-state index contributed by atoms with van der Waals surface area (Å²) < 4.78 is 44.6. The van der Waals surface area contributed by atoms with Crippen molar-refractivity contribution in [2.75, 3.05) is 13.7 Å². The second-order valence-electron chi connectivity index (χ2n) is 7.79. The van der Waals surface area contributed by atoms with Gasteiger partial charge < -0.3 is 15.0 Å². The molecule has 1 N–H and O–H groups in total. The molecule has 1 unspecified atom stereocenters. The van der Waals surface area contributed by atoms with Crippen LogP contribution in [0.3, 0.4) is 0 Å². The van der Waals surface area contributed by atoms with Crippen LogP contribution in [0.4, 0.5) is 13.2 Å². The van der Waals surface area contributed by atoms with Gasteiger partial charge in [-0.1, -0.05) is 42.5 Å². The summed E-state index contributed by atoms with van der Waals surface area (Å²) in [6, 6.07) is 14.8. The molecule has 0 saturated carbocycles. The van der Waals surface area contributed by atoms with E-state index in [0.29, 0.717) is 35.8 Å². The van der Waals surface area contributed by atoms with Crippen LogP contribution in [0.15, 0.2) is 70.9 Å². The normalized spacial score (nSPS) is 17.8. The van der Waals surface area contributed by atoms with Crippen molar-refractivity contribution >= 4 is 11.9 Å². The SMILES string of the molecule is CCN=C1NC(CCc2ccccc2)C(C(=O)OC)=C(C)N1Cc1cccc(C(F)(F)F)c1. The first-order chi connectivity index (χ1) is 15.7. The molecular formula is C25H28F3N3O2. The highest BCUT2D eigenvalue weighted by Crippen LogP contribution is 2.31. The van der Waals surface area contributed by atoms with E-state index < -0.39 is 17.7 Å². The molecule has 1 atom stereocenters. The molecule has 0 fully saturated rings. The molecule has 0 radical (unpaired) electrons. The van der Waals surface area contributed by atoms with Crippen LogP contribution in [-0.4, -0.2) is 36.5 Å². The Hall–Kier alpha value is -3.29. The van der Waals surface area contributed by atoms with Crippen molar-refractivity contribution in [3.8, 4) is 0 Å². The van der Waals surface area contributed by atoms with Gasteiger partial charge >= 0.3 is 12.1 Å². The second-order valence-corrected chi connectivity index (χ2v) is 7.79. The molecule has 2 aromatic carbocycles. The Morgan fingerprint density at radius 1 is 1.12 bits per heavy atom. The van der Waals surface area contributed by atoms with E-state index in [4.69, 9.17) is 4.74 Å². The molecule has 2 aromatic rings. The number of hydrogen-bond donors (Lipinski definition) is 1. The summed E-state index contributed by atoms with van der Waals surface area (Å²) in [7, 11) is 1.32. The molecule has 1 aliphatic rings. The predicted molar refractivity (Wildman–Crippen MR) is 121 cm³/mol. The maximum atomic E-state index is 13.2. The molecule has 1 aliphatic heterocycles. The Labute approximate surface area is 192 Å². The number of aliphatic imine (C=N–C) groups is 1. The molecule has 0 aromatic heterocycles.